The summed E-state index contributed by atoms with van der Waals surface area (Å²) in [5.41, 5.74) is 5.56. The molecule has 5 heterocycles. The second kappa shape index (κ2) is 18.3. The van der Waals surface area contributed by atoms with Gasteiger partial charge in [0.15, 0.2) is 0 Å². The highest BCUT2D eigenvalue weighted by Crippen LogP contribution is 2.40. The fourth-order valence-electron chi connectivity index (χ4n) is 10.3. The average molecular weight is 887 g/mol. The second-order valence-corrected chi connectivity index (χ2v) is 18.4. The molecule has 0 bridgehead atoms. The number of rotatable bonds is 11. The molecule has 0 spiro atoms. The number of nitrogens with one attached hydrogen (secondary N) is 4. The Hall–Kier alpha value is -6.26. The lowest BCUT2D eigenvalue weighted by Gasteiger charge is -2.34. The number of hydrogen-bond donors (Lipinski definition) is 4. The predicted molar refractivity (Wildman–Crippen MR) is 246 cm³/mol. The van der Waals surface area contributed by atoms with E-state index in [4.69, 9.17) is 28.9 Å². The van der Waals surface area contributed by atoms with Crippen molar-refractivity contribution in [3.63, 3.8) is 0 Å². The van der Waals surface area contributed by atoms with Gasteiger partial charge in [-0.25, -0.2) is 19.6 Å². The van der Waals surface area contributed by atoms with Crippen LogP contribution in [0, 0.1) is 23.7 Å². The van der Waals surface area contributed by atoms with Crippen molar-refractivity contribution in [1.29, 1.82) is 0 Å². The molecule has 3 aliphatic rings. The van der Waals surface area contributed by atoms with Gasteiger partial charge in [0.05, 0.1) is 55.0 Å². The Morgan fingerprint density at radius 3 is 1.85 bits per heavy atom. The van der Waals surface area contributed by atoms with Crippen molar-refractivity contribution in [2.45, 2.75) is 70.6 Å². The van der Waals surface area contributed by atoms with Crippen molar-refractivity contribution in [3.05, 3.63) is 72.3 Å². The van der Waals surface area contributed by atoms with E-state index in [1.54, 1.807) is 7.11 Å². The number of aromatic amines is 2. The van der Waals surface area contributed by atoms with Crippen LogP contribution in [-0.4, -0.2) is 120 Å². The van der Waals surface area contributed by atoms with Gasteiger partial charge >= 0.3 is 12.2 Å². The van der Waals surface area contributed by atoms with E-state index < -0.39 is 24.3 Å². The van der Waals surface area contributed by atoms with Crippen molar-refractivity contribution >= 4 is 67.6 Å². The van der Waals surface area contributed by atoms with Gasteiger partial charge in [0.1, 0.15) is 23.7 Å². The first-order valence-electron chi connectivity index (χ1n) is 22.7. The van der Waals surface area contributed by atoms with Crippen molar-refractivity contribution in [2.75, 3.05) is 54.2 Å². The molecule has 6 atom stereocenters. The van der Waals surface area contributed by atoms with Crippen molar-refractivity contribution in [3.8, 4) is 11.1 Å². The second-order valence-electron chi connectivity index (χ2n) is 18.4. The summed E-state index contributed by atoms with van der Waals surface area (Å²) in [6.45, 7) is 8.57. The summed E-state index contributed by atoms with van der Waals surface area (Å²) >= 11 is 0. The topological polar surface area (TPSA) is 193 Å². The lowest BCUT2D eigenvalue weighted by atomic mass is 9.90. The molecule has 9 rings (SSSR count). The molecule has 3 fully saturated rings. The number of fused-ring (bicyclic) bond motifs is 6. The Labute approximate surface area is 377 Å². The average Bonchev–Trinajstić information content (AvgIpc) is 4.14. The minimum atomic E-state index is -0.747. The van der Waals surface area contributed by atoms with Crippen LogP contribution < -0.4 is 10.6 Å². The molecule has 2 aromatic heterocycles. The number of nitrogens with zero attached hydrogens (tertiary/aromatic N) is 4. The molecule has 4 amide bonds. The molecular weight excluding hydrogens is 829 g/mol. The third-order valence-electron chi connectivity index (χ3n) is 13.7. The number of H-pyrrole nitrogens is 2. The number of likely N-dealkylation sites (tertiary alicyclic amines) is 2. The summed E-state index contributed by atoms with van der Waals surface area (Å²) in [6.07, 6.45) is 1.49. The summed E-state index contributed by atoms with van der Waals surface area (Å²) in [6, 6.07) is 19.0. The van der Waals surface area contributed by atoms with E-state index >= 15 is 0 Å². The van der Waals surface area contributed by atoms with Gasteiger partial charge in [-0.1, -0.05) is 57.2 Å². The predicted octanol–water partition coefficient (Wildman–Crippen LogP) is 7.39. The zero-order valence-corrected chi connectivity index (χ0v) is 37.8. The molecule has 3 aliphatic heterocycles. The molecule has 2 unspecified atom stereocenters. The molecule has 4 N–H and O–H groups in total. The molecular formula is C49H58N8O8. The van der Waals surface area contributed by atoms with Crippen LogP contribution in [0.25, 0.3) is 54.7 Å². The Morgan fingerprint density at radius 2 is 1.29 bits per heavy atom. The smallest absolute Gasteiger partial charge is 0.407 e. The summed E-state index contributed by atoms with van der Waals surface area (Å²) in [5.74, 6) is 1.29. The van der Waals surface area contributed by atoms with Crippen molar-refractivity contribution in [2.24, 2.45) is 23.7 Å². The third-order valence-corrected chi connectivity index (χ3v) is 13.7. The monoisotopic (exact) mass is 886 g/mol. The fourth-order valence-corrected chi connectivity index (χ4v) is 10.3. The highest BCUT2D eigenvalue weighted by molar-refractivity contribution is 6.07. The van der Waals surface area contributed by atoms with Crippen LogP contribution in [0.1, 0.15) is 70.2 Å². The maximum atomic E-state index is 14.5. The van der Waals surface area contributed by atoms with Gasteiger partial charge in [0.2, 0.25) is 11.8 Å². The first kappa shape index (κ1) is 44.0. The van der Waals surface area contributed by atoms with Crippen LogP contribution >= 0.6 is 0 Å². The lowest BCUT2D eigenvalue weighted by molar-refractivity contribution is -0.137. The Bertz CT molecular complexity index is 2760. The number of benzene rings is 4. The molecule has 0 radical (unpaired) electrons. The normalized spacial score (nSPS) is 21.4. The van der Waals surface area contributed by atoms with E-state index in [1.165, 1.54) is 14.2 Å². The molecule has 342 valence electrons. The van der Waals surface area contributed by atoms with E-state index in [1.807, 2.05) is 35.8 Å². The lowest BCUT2D eigenvalue weighted by Crippen LogP contribution is -2.53. The molecule has 16 heteroatoms. The zero-order chi connectivity index (χ0) is 45.5. The summed E-state index contributed by atoms with van der Waals surface area (Å²) in [4.78, 5) is 74.0. The minimum Gasteiger partial charge on any atom is -0.453 e. The van der Waals surface area contributed by atoms with Crippen molar-refractivity contribution < 1.29 is 38.1 Å². The van der Waals surface area contributed by atoms with Gasteiger partial charge in [-0.15, -0.1) is 0 Å². The minimum absolute atomic E-state index is 0.0771. The fraction of sp³-hybridized carbons (Fsp3) is 0.469. The molecule has 16 nitrogen and oxygen atoms in total. The highest BCUT2D eigenvalue weighted by Gasteiger charge is 2.44. The molecule has 0 aliphatic carbocycles. The van der Waals surface area contributed by atoms with E-state index in [-0.39, 0.29) is 47.6 Å². The number of ether oxygens (including phenoxy) is 4. The molecule has 3 saturated heterocycles. The van der Waals surface area contributed by atoms with Gasteiger partial charge in [-0.2, -0.15) is 0 Å². The number of aromatic nitrogens is 4. The number of carbonyl (C=O) groups is 4. The van der Waals surface area contributed by atoms with E-state index in [9.17, 15) is 19.2 Å². The molecule has 65 heavy (non-hydrogen) atoms. The number of methoxy groups -OCH3 is 3. The Morgan fingerprint density at radius 1 is 0.738 bits per heavy atom. The molecule has 0 saturated carbocycles. The van der Waals surface area contributed by atoms with E-state index in [2.05, 4.69) is 76.1 Å². The number of hydrogen-bond acceptors (Lipinski definition) is 10. The standard InChI is InChI=1S/C49H58N8O8/c1-26(2)40(54-48(60)63-5)46(58)56-23-27(3)19-38(56)44-50-36-13-9-32-21-30(7-11-34(32)42(36)52-44)31-8-12-35-33(22-31)10-14-37-43(35)53-45(51-37)39-20-28(25-62-4)24-57(39)47(59)41(55-49(61)64-6)29-15-17-65-18-16-29/h7-14,21-22,26-29,38-41H,15-20,23-25H2,1-6H3,(H,50,52)(H,51,53)(H,54,60)(H,55,61)/t27-,28-,38-,39-,40?,41?/m0/s1. The maximum absolute atomic E-state index is 14.5. The van der Waals surface area contributed by atoms with Gasteiger partial charge in [0, 0.05) is 50.1 Å². The van der Waals surface area contributed by atoms with Crippen LogP contribution in [0.4, 0.5) is 9.59 Å². The highest BCUT2D eigenvalue weighted by atomic mass is 16.5. The van der Waals surface area contributed by atoms with Crippen molar-refractivity contribution in [1.82, 2.24) is 40.4 Å². The SMILES string of the molecule is COC[C@H]1C[C@@H](c2nc3ccc4cc(-c5ccc6c(ccc7nc([C@@H]8C[C@H](C)CN8C(=O)C(NC(=O)OC)C(C)C)[nH]c76)c5)ccc4c3[nH]2)N(C(=O)C(NC(=O)OC)C2CCOCC2)C1. The zero-order valence-electron chi connectivity index (χ0n) is 37.8. The van der Waals surface area contributed by atoms with Crippen LogP contribution in [0.3, 0.4) is 0 Å². The summed E-state index contributed by atoms with van der Waals surface area (Å²) < 4.78 is 20.9. The van der Waals surface area contributed by atoms with E-state index in [0.717, 1.165) is 67.0 Å². The summed E-state index contributed by atoms with van der Waals surface area (Å²) in [5, 5.41) is 9.73. The largest absolute Gasteiger partial charge is 0.453 e. The maximum Gasteiger partial charge on any atom is 0.407 e. The number of imidazole rings is 2. The number of amides is 4. The van der Waals surface area contributed by atoms with E-state index in [0.29, 0.717) is 58.0 Å². The Balaban J connectivity index is 0.985. The van der Waals surface area contributed by atoms with Gasteiger partial charge < -0.3 is 49.3 Å². The number of alkyl carbamates (subject to hydrolysis) is 2. The first-order valence-corrected chi connectivity index (χ1v) is 22.7. The Kier molecular flexibility index (Phi) is 12.4. The third kappa shape index (κ3) is 8.56. The van der Waals surface area contributed by atoms with Gasteiger partial charge in [0.25, 0.3) is 0 Å². The van der Waals surface area contributed by atoms with Crippen LogP contribution in [0.15, 0.2) is 60.7 Å². The first-order chi connectivity index (χ1) is 31.4. The van der Waals surface area contributed by atoms with Crippen LogP contribution in [-0.2, 0) is 28.5 Å². The molecule has 4 aromatic carbocycles. The summed E-state index contributed by atoms with van der Waals surface area (Å²) in [7, 11) is 4.28. The molecule has 6 aromatic rings. The van der Waals surface area contributed by atoms with Crippen LogP contribution in [0.5, 0.6) is 0 Å². The van der Waals surface area contributed by atoms with Gasteiger partial charge in [-0.3, -0.25) is 9.59 Å². The van der Waals surface area contributed by atoms with Crippen LogP contribution in [0.2, 0.25) is 0 Å². The quantitative estimate of drug-likeness (QED) is 0.102. The van der Waals surface area contributed by atoms with Gasteiger partial charge in [-0.05, 0) is 89.6 Å². The number of carbonyl (C=O) groups excluding carboxylic acids is 4.